The molecule has 10 heteroatoms. The van der Waals surface area contributed by atoms with Crippen LogP contribution in [-0.4, -0.2) is 40.8 Å². The van der Waals surface area contributed by atoms with Gasteiger partial charge >= 0.3 is 0 Å². The van der Waals surface area contributed by atoms with Crippen LogP contribution in [0.5, 0.6) is 0 Å². The third-order valence-electron chi connectivity index (χ3n) is 4.44. The highest BCUT2D eigenvalue weighted by atomic mass is 15.5. The third-order valence-corrected chi connectivity index (χ3v) is 4.44. The van der Waals surface area contributed by atoms with Crippen molar-refractivity contribution in [3.8, 4) is 11.4 Å². The second-order valence-corrected chi connectivity index (χ2v) is 6.61. The minimum Gasteiger partial charge on any atom is -0.382 e. The number of nitrogens with zero attached hydrogens (tertiary/aromatic N) is 7. The molecule has 0 spiro atoms. The molecule has 0 bridgehead atoms. The van der Waals surface area contributed by atoms with E-state index < -0.39 is 0 Å². The summed E-state index contributed by atoms with van der Waals surface area (Å²) in [6, 6.07) is 10.3. The SMILES string of the molecule is Cn1nnnc1-c1cccc(Nc2cc(NC3CC3)c3ncc(N)n3n2)c1. The fourth-order valence-corrected chi connectivity index (χ4v) is 2.96. The van der Waals surface area contributed by atoms with E-state index in [1.807, 2.05) is 37.4 Å². The molecule has 1 fully saturated rings. The molecule has 3 aromatic heterocycles. The lowest BCUT2D eigenvalue weighted by atomic mass is 10.2. The van der Waals surface area contributed by atoms with E-state index in [2.05, 4.69) is 36.2 Å². The van der Waals surface area contributed by atoms with Gasteiger partial charge in [-0.25, -0.2) is 9.67 Å². The Balaban J connectivity index is 1.51. The average molecular weight is 362 g/mol. The summed E-state index contributed by atoms with van der Waals surface area (Å²) in [5, 5.41) is 23.0. The standard InChI is InChI=1S/C17H18N10/c1-26-16(22-24-25-26)10-3-2-4-12(7-10)21-15-8-13(20-11-5-6-11)17-19-9-14(18)27(17)23-15/h2-4,7-9,11,20H,5-6,18H2,1H3,(H,21,23). The van der Waals surface area contributed by atoms with E-state index in [0.717, 1.165) is 22.6 Å². The molecule has 1 aliphatic rings. The lowest BCUT2D eigenvalue weighted by Crippen LogP contribution is -2.08. The molecular formula is C17H18N10. The van der Waals surface area contributed by atoms with Crippen molar-refractivity contribution >= 4 is 28.7 Å². The maximum absolute atomic E-state index is 6.02. The molecule has 4 aromatic rings. The molecular weight excluding hydrogens is 344 g/mol. The van der Waals surface area contributed by atoms with Gasteiger partial charge < -0.3 is 16.4 Å². The minimum atomic E-state index is 0.492. The van der Waals surface area contributed by atoms with Crippen molar-refractivity contribution in [2.45, 2.75) is 18.9 Å². The predicted molar refractivity (Wildman–Crippen MR) is 102 cm³/mol. The predicted octanol–water partition coefficient (Wildman–Crippen LogP) is 1.82. The van der Waals surface area contributed by atoms with Crippen molar-refractivity contribution in [3.63, 3.8) is 0 Å². The van der Waals surface area contributed by atoms with Crippen LogP contribution in [0.3, 0.4) is 0 Å². The number of rotatable bonds is 5. The molecule has 4 N–H and O–H groups in total. The fourth-order valence-electron chi connectivity index (χ4n) is 2.96. The van der Waals surface area contributed by atoms with Gasteiger partial charge in [-0.05, 0) is 35.4 Å². The van der Waals surface area contributed by atoms with Crippen molar-refractivity contribution < 1.29 is 0 Å². The van der Waals surface area contributed by atoms with E-state index in [9.17, 15) is 0 Å². The maximum Gasteiger partial charge on any atom is 0.181 e. The quantitative estimate of drug-likeness (QED) is 0.491. The second-order valence-electron chi connectivity index (χ2n) is 6.61. The number of tetrazole rings is 1. The first kappa shape index (κ1) is 15.6. The van der Waals surface area contributed by atoms with Gasteiger partial charge in [-0.3, -0.25) is 0 Å². The number of fused-ring (bicyclic) bond motifs is 1. The molecule has 10 nitrogen and oxygen atoms in total. The average Bonchev–Trinajstić information content (AvgIpc) is 3.25. The summed E-state index contributed by atoms with van der Waals surface area (Å²) < 4.78 is 3.27. The molecule has 0 amide bonds. The zero-order chi connectivity index (χ0) is 18.4. The zero-order valence-corrected chi connectivity index (χ0v) is 14.7. The van der Waals surface area contributed by atoms with Gasteiger partial charge in [0, 0.05) is 30.4 Å². The lowest BCUT2D eigenvalue weighted by Gasteiger charge is -2.11. The third kappa shape index (κ3) is 2.90. The van der Waals surface area contributed by atoms with Gasteiger partial charge in [0.1, 0.15) is 5.82 Å². The monoisotopic (exact) mass is 362 g/mol. The summed E-state index contributed by atoms with van der Waals surface area (Å²) in [7, 11) is 1.81. The molecule has 3 heterocycles. The molecule has 27 heavy (non-hydrogen) atoms. The van der Waals surface area contributed by atoms with Crippen LogP contribution in [0.4, 0.5) is 23.0 Å². The number of hydrogen-bond donors (Lipinski definition) is 3. The van der Waals surface area contributed by atoms with Crippen LogP contribution in [0, 0.1) is 0 Å². The van der Waals surface area contributed by atoms with Crippen molar-refractivity contribution in [1.82, 2.24) is 34.8 Å². The number of benzene rings is 1. The van der Waals surface area contributed by atoms with Crippen LogP contribution < -0.4 is 16.4 Å². The molecule has 0 aliphatic heterocycles. The van der Waals surface area contributed by atoms with E-state index in [1.165, 1.54) is 12.8 Å². The highest BCUT2D eigenvalue weighted by molar-refractivity contribution is 5.75. The first-order valence-corrected chi connectivity index (χ1v) is 8.68. The smallest absolute Gasteiger partial charge is 0.181 e. The van der Waals surface area contributed by atoms with Gasteiger partial charge in [-0.1, -0.05) is 12.1 Å². The van der Waals surface area contributed by atoms with E-state index in [0.29, 0.717) is 23.5 Å². The summed E-state index contributed by atoms with van der Waals surface area (Å²) in [6.07, 6.45) is 3.95. The molecule has 0 unspecified atom stereocenters. The zero-order valence-electron chi connectivity index (χ0n) is 14.7. The number of nitrogen functional groups attached to an aromatic ring is 1. The number of aromatic nitrogens is 7. The Labute approximate surface area is 154 Å². The van der Waals surface area contributed by atoms with Crippen molar-refractivity contribution in [2.75, 3.05) is 16.4 Å². The highest BCUT2D eigenvalue weighted by Gasteiger charge is 2.23. The van der Waals surface area contributed by atoms with Gasteiger partial charge in [0.2, 0.25) is 0 Å². The van der Waals surface area contributed by atoms with Gasteiger partial charge in [-0.15, -0.1) is 10.2 Å². The van der Waals surface area contributed by atoms with Gasteiger partial charge in [0.25, 0.3) is 0 Å². The molecule has 1 aromatic carbocycles. The minimum absolute atomic E-state index is 0.492. The Kier molecular flexibility index (Phi) is 3.42. The first-order valence-electron chi connectivity index (χ1n) is 8.68. The van der Waals surface area contributed by atoms with Crippen LogP contribution in [-0.2, 0) is 7.05 Å². The molecule has 1 aliphatic carbocycles. The first-order chi connectivity index (χ1) is 13.2. The molecule has 0 radical (unpaired) electrons. The van der Waals surface area contributed by atoms with Crippen LogP contribution in [0.2, 0.25) is 0 Å². The normalized spacial score (nSPS) is 13.8. The number of hydrogen-bond acceptors (Lipinski definition) is 8. The Bertz CT molecular complexity index is 1120. The topological polar surface area (TPSA) is 124 Å². The van der Waals surface area contributed by atoms with E-state index in [-0.39, 0.29) is 0 Å². The van der Waals surface area contributed by atoms with Crippen LogP contribution in [0.25, 0.3) is 17.0 Å². The molecule has 1 saturated carbocycles. The largest absolute Gasteiger partial charge is 0.382 e. The van der Waals surface area contributed by atoms with Crippen LogP contribution >= 0.6 is 0 Å². The second kappa shape index (κ2) is 5.94. The summed E-state index contributed by atoms with van der Waals surface area (Å²) in [5.74, 6) is 1.85. The molecule has 0 saturated heterocycles. The summed E-state index contributed by atoms with van der Waals surface area (Å²) in [4.78, 5) is 4.37. The van der Waals surface area contributed by atoms with Crippen LogP contribution in [0.15, 0.2) is 36.5 Å². The molecule has 5 rings (SSSR count). The number of anilines is 4. The van der Waals surface area contributed by atoms with Crippen LogP contribution in [0.1, 0.15) is 12.8 Å². The number of nitrogens with one attached hydrogen (secondary N) is 2. The fraction of sp³-hybridized carbons (Fsp3) is 0.235. The van der Waals surface area contributed by atoms with Gasteiger partial charge in [0.15, 0.2) is 17.3 Å². The highest BCUT2D eigenvalue weighted by Crippen LogP contribution is 2.30. The van der Waals surface area contributed by atoms with Gasteiger partial charge in [-0.2, -0.15) is 4.52 Å². The number of imidazole rings is 1. The maximum atomic E-state index is 6.02. The summed E-state index contributed by atoms with van der Waals surface area (Å²) in [5.41, 5.74) is 9.44. The molecule has 0 atom stereocenters. The van der Waals surface area contributed by atoms with E-state index >= 15 is 0 Å². The Morgan fingerprint density at radius 1 is 1.22 bits per heavy atom. The Morgan fingerprint density at radius 2 is 2.11 bits per heavy atom. The van der Waals surface area contributed by atoms with E-state index in [1.54, 1.807) is 15.4 Å². The molecule has 136 valence electrons. The van der Waals surface area contributed by atoms with Crippen molar-refractivity contribution in [1.29, 1.82) is 0 Å². The summed E-state index contributed by atoms with van der Waals surface area (Å²) >= 11 is 0. The summed E-state index contributed by atoms with van der Waals surface area (Å²) in [6.45, 7) is 0. The number of nitrogens with two attached hydrogens (primary N) is 1. The van der Waals surface area contributed by atoms with Crippen molar-refractivity contribution in [2.24, 2.45) is 7.05 Å². The van der Waals surface area contributed by atoms with Gasteiger partial charge in [0.05, 0.1) is 11.9 Å². The number of aryl methyl sites for hydroxylation is 1. The Morgan fingerprint density at radius 3 is 2.89 bits per heavy atom. The van der Waals surface area contributed by atoms with Crippen molar-refractivity contribution in [3.05, 3.63) is 36.5 Å². The Hall–Kier alpha value is -3.69. The van der Waals surface area contributed by atoms with E-state index in [4.69, 9.17) is 5.73 Å². The lowest BCUT2D eigenvalue weighted by molar-refractivity contribution is 0.715.